The average Bonchev–Trinajstić information content (AvgIpc) is 2.73. The number of methoxy groups -OCH3 is 1. The Morgan fingerprint density at radius 3 is 3.00 bits per heavy atom. The molecule has 1 unspecified atom stereocenters. The van der Waals surface area contributed by atoms with Gasteiger partial charge >= 0.3 is 5.97 Å². The van der Waals surface area contributed by atoms with Crippen molar-refractivity contribution < 1.29 is 18.8 Å². The Balaban J connectivity index is 1.98. The van der Waals surface area contributed by atoms with E-state index >= 15 is 0 Å². The summed E-state index contributed by atoms with van der Waals surface area (Å²) in [5.41, 5.74) is 0.866. The van der Waals surface area contributed by atoms with Gasteiger partial charge < -0.3 is 14.0 Å². The zero-order chi connectivity index (χ0) is 13.1. The molecule has 0 radical (unpaired) electrons. The summed E-state index contributed by atoms with van der Waals surface area (Å²) in [5.74, 6) is 0.457. The first-order valence-corrected chi connectivity index (χ1v) is 5.96. The number of hydrogen-bond acceptors (Lipinski definition) is 6. The van der Waals surface area contributed by atoms with Crippen molar-refractivity contribution in [2.24, 2.45) is 0 Å². The number of nitrogens with zero attached hydrogens (tertiary/aromatic N) is 2. The monoisotopic (exact) mass is 254 g/mol. The molecule has 1 fully saturated rings. The third-order valence-electron chi connectivity index (χ3n) is 2.86. The van der Waals surface area contributed by atoms with E-state index in [1.165, 1.54) is 7.11 Å². The zero-order valence-electron chi connectivity index (χ0n) is 10.9. The number of aryl methyl sites for hydroxylation is 1. The molecule has 0 N–H and O–H groups in total. The Hall–Kier alpha value is -1.40. The van der Waals surface area contributed by atoms with Gasteiger partial charge in [0.05, 0.1) is 18.9 Å². The van der Waals surface area contributed by atoms with E-state index < -0.39 is 6.10 Å². The predicted molar refractivity (Wildman–Crippen MR) is 62.9 cm³/mol. The number of esters is 1. The van der Waals surface area contributed by atoms with Crippen LogP contribution < -0.4 is 0 Å². The Morgan fingerprint density at radius 2 is 2.39 bits per heavy atom. The van der Waals surface area contributed by atoms with Crippen LogP contribution in [0.1, 0.15) is 18.4 Å². The first kappa shape index (κ1) is 13.0. The molecule has 100 valence electrons. The maximum absolute atomic E-state index is 11.5. The molecule has 0 aliphatic carbocycles. The van der Waals surface area contributed by atoms with Crippen molar-refractivity contribution in [3.8, 4) is 0 Å². The molecule has 0 bridgehead atoms. The van der Waals surface area contributed by atoms with Gasteiger partial charge in [0.2, 0.25) is 0 Å². The fourth-order valence-corrected chi connectivity index (χ4v) is 2.15. The minimum atomic E-state index is -0.522. The standard InChI is InChI=1S/C12H18N2O4/c1-8-4-10(13-18-8)6-14-5-9(2)17-11(7-14)12(15)16-3/h4,9,11H,5-7H2,1-3H3/t9-,11?/m1/s1. The van der Waals surface area contributed by atoms with Crippen LogP contribution >= 0.6 is 0 Å². The van der Waals surface area contributed by atoms with Crippen LogP contribution in [0.15, 0.2) is 10.6 Å². The van der Waals surface area contributed by atoms with Crippen LogP contribution in [0.25, 0.3) is 0 Å². The predicted octanol–water partition coefficient (Wildman–Crippen LogP) is 0.745. The number of aromatic nitrogens is 1. The maximum Gasteiger partial charge on any atom is 0.336 e. The number of rotatable bonds is 3. The fraction of sp³-hybridized carbons (Fsp3) is 0.667. The first-order chi connectivity index (χ1) is 8.58. The average molecular weight is 254 g/mol. The summed E-state index contributed by atoms with van der Waals surface area (Å²) in [6.07, 6.45) is -0.525. The highest BCUT2D eigenvalue weighted by molar-refractivity contribution is 5.74. The van der Waals surface area contributed by atoms with Crippen molar-refractivity contribution in [1.29, 1.82) is 0 Å². The lowest BCUT2D eigenvalue weighted by molar-refractivity contribution is -0.166. The molecule has 0 aromatic carbocycles. The van der Waals surface area contributed by atoms with E-state index in [0.29, 0.717) is 13.1 Å². The van der Waals surface area contributed by atoms with Crippen molar-refractivity contribution in [2.75, 3.05) is 20.2 Å². The summed E-state index contributed by atoms with van der Waals surface area (Å²) in [6, 6.07) is 1.90. The van der Waals surface area contributed by atoms with Gasteiger partial charge in [0.1, 0.15) is 5.76 Å². The second kappa shape index (κ2) is 5.49. The second-order valence-corrected chi connectivity index (χ2v) is 4.58. The molecular formula is C12H18N2O4. The molecule has 6 heteroatoms. The highest BCUT2D eigenvalue weighted by Gasteiger charge is 2.31. The number of hydrogen-bond donors (Lipinski definition) is 0. The minimum Gasteiger partial charge on any atom is -0.467 e. The van der Waals surface area contributed by atoms with E-state index in [-0.39, 0.29) is 12.1 Å². The van der Waals surface area contributed by atoms with Crippen molar-refractivity contribution in [3.05, 3.63) is 17.5 Å². The van der Waals surface area contributed by atoms with Crippen LogP contribution in [0.5, 0.6) is 0 Å². The smallest absolute Gasteiger partial charge is 0.336 e. The van der Waals surface area contributed by atoms with Crippen LogP contribution in [0, 0.1) is 6.92 Å². The van der Waals surface area contributed by atoms with E-state index in [4.69, 9.17) is 14.0 Å². The van der Waals surface area contributed by atoms with E-state index in [1.807, 2.05) is 19.9 Å². The molecule has 0 amide bonds. The molecule has 0 spiro atoms. The molecule has 0 saturated carbocycles. The maximum atomic E-state index is 11.5. The Bertz CT molecular complexity index is 418. The van der Waals surface area contributed by atoms with Crippen LogP contribution in [-0.2, 0) is 20.8 Å². The van der Waals surface area contributed by atoms with Crippen LogP contribution in [0.2, 0.25) is 0 Å². The lowest BCUT2D eigenvalue weighted by atomic mass is 10.2. The number of carbonyl (C=O) groups is 1. The third-order valence-corrected chi connectivity index (χ3v) is 2.86. The largest absolute Gasteiger partial charge is 0.467 e. The van der Waals surface area contributed by atoms with Gasteiger partial charge in [-0.25, -0.2) is 4.79 Å². The summed E-state index contributed by atoms with van der Waals surface area (Å²) in [4.78, 5) is 13.6. The van der Waals surface area contributed by atoms with E-state index in [9.17, 15) is 4.79 Å². The quantitative estimate of drug-likeness (QED) is 0.741. The highest BCUT2D eigenvalue weighted by atomic mass is 16.6. The molecule has 1 aromatic rings. The normalized spacial score (nSPS) is 25.1. The number of carbonyl (C=O) groups excluding carboxylic acids is 1. The summed E-state index contributed by atoms with van der Waals surface area (Å²) in [6.45, 7) is 5.73. The van der Waals surface area contributed by atoms with Crippen molar-refractivity contribution in [2.45, 2.75) is 32.6 Å². The Labute approximate surface area is 106 Å². The molecule has 1 saturated heterocycles. The van der Waals surface area contributed by atoms with Crippen molar-refractivity contribution >= 4 is 5.97 Å². The molecule has 2 heterocycles. The van der Waals surface area contributed by atoms with E-state index in [2.05, 4.69) is 10.1 Å². The van der Waals surface area contributed by atoms with E-state index in [1.54, 1.807) is 0 Å². The van der Waals surface area contributed by atoms with Gasteiger partial charge in [0, 0.05) is 25.7 Å². The summed E-state index contributed by atoms with van der Waals surface area (Å²) in [7, 11) is 1.37. The third kappa shape index (κ3) is 3.08. The lowest BCUT2D eigenvalue weighted by Gasteiger charge is -2.34. The molecule has 1 aliphatic rings. The van der Waals surface area contributed by atoms with Crippen molar-refractivity contribution in [1.82, 2.24) is 10.1 Å². The molecule has 6 nitrogen and oxygen atoms in total. The molecule has 2 atom stereocenters. The number of morpholine rings is 1. The van der Waals surface area contributed by atoms with Crippen molar-refractivity contribution in [3.63, 3.8) is 0 Å². The van der Waals surface area contributed by atoms with Gasteiger partial charge in [-0.1, -0.05) is 5.16 Å². The molecule has 1 aliphatic heterocycles. The topological polar surface area (TPSA) is 64.8 Å². The summed E-state index contributed by atoms with van der Waals surface area (Å²) in [5, 5.41) is 3.95. The number of ether oxygens (including phenoxy) is 2. The Morgan fingerprint density at radius 1 is 1.61 bits per heavy atom. The minimum absolute atomic E-state index is 0.00384. The van der Waals surface area contributed by atoms with Gasteiger partial charge in [0.25, 0.3) is 0 Å². The molecular weight excluding hydrogens is 236 g/mol. The van der Waals surface area contributed by atoms with Gasteiger partial charge in [-0.05, 0) is 13.8 Å². The van der Waals surface area contributed by atoms with Gasteiger partial charge in [0.15, 0.2) is 6.10 Å². The molecule has 1 aromatic heterocycles. The first-order valence-electron chi connectivity index (χ1n) is 5.96. The van der Waals surface area contributed by atoms with Crippen LogP contribution in [0.4, 0.5) is 0 Å². The SMILES string of the molecule is COC(=O)C1CN(Cc2cc(C)on2)C[C@@H](C)O1. The molecule has 18 heavy (non-hydrogen) atoms. The van der Waals surface area contributed by atoms with Crippen LogP contribution in [0.3, 0.4) is 0 Å². The van der Waals surface area contributed by atoms with Crippen LogP contribution in [-0.4, -0.2) is 48.4 Å². The molecule has 2 rings (SSSR count). The van der Waals surface area contributed by atoms with Gasteiger partial charge in [-0.3, -0.25) is 4.90 Å². The highest BCUT2D eigenvalue weighted by Crippen LogP contribution is 2.15. The second-order valence-electron chi connectivity index (χ2n) is 4.58. The van der Waals surface area contributed by atoms with E-state index in [0.717, 1.165) is 18.0 Å². The fourth-order valence-electron chi connectivity index (χ4n) is 2.15. The summed E-state index contributed by atoms with van der Waals surface area (Å²) < 4.78 is 15.3. The lowest BCUT2D eigenvalue weighted by Crippen LogP contribution is -2.49. The van der Waals surface area contributed by atoms with Gasteiger partial charge in [-0.2, -0.15) is 0 Å². The Kier molecular flexibility index (Phi) is 3.98. The zero-order valence-corrected chi connectivity index (χ0v) is 10.9. The summed E-state index contributed by atoms with van der Waals surface area (Å²) >= 11 is 0. The van der Waals surface area contributed by atoms with Gasteiger partial charge in [-0.15, -0.1) is 0 Å².